The number of nitrogens with zero attached hydrogens (tertiary/aromatic N) is 8. The van der Waals surface area contributed by atoms with Gasteiger partial charge >= 0.3 is 59.1 Å². The number of benzene rings is 2. The molecule has 12 nitrogen and oxygen atoms in total. The van der Waals surface area contributed by atoms with Crippen molar-refractivity contribution in [2.24, 2.45) is 0 Å². The van der Waals surface area contributed by atoms with Crippen molar-refractivity contribution < 1.29 is 78.9 Å². The third-order valence-electron chi connectivity index (χ3n) is 3.60. The molecule has 2 aromatic heterocycles. The number of tetrazole rings is 2. The number of aromatic nitrogens is 8. The Labute approximate surface area is 235 Å². The van der Waals surface area contributed by atoms with Gasteiger partial charge in [0, 0.05) is 0 Å². The topological polar surface area (TPSA) is 167 Å². The van der Waals surface area contributed by atoms with Gasteiger partial charge in [0.2, 0.25) is 10.3 Å². The number of carbonyl (C=O) groups excluding carboxylic acids is 2. The zero-order valence-electron chi connectivity index (χ0n) is 16.7. The molecule has 0 aliphatic rings. The van der Waals surface area contributed by atoms with Gasteiger partial charge in [-0.05, 0) is 56.2 Å². The first-order valence-corrected chi connectivity index (χ1v) is 8.84. The molecule has 4 rings (SSSR count). The molecule has 16 heteroatoms. The molecule has 32 heavy (non-hydrogen) atoms. The summed E-state index contributed by atoms with van der Waals surface area (Å²) in [6.45, 7) is 0. The van der Waals surface area contributed by atoms with E-state index in [4.69, 9.17) is 0 Å². The van der Waals surface area contributed by atoms with Gasteiger partial charge in [-0.15, -0.1) is 35.5 Å². The number of carboxylic acid groups (broad SMARTS) is 2. The molecule has 0 N–H and O–H groups in total. The number of aromatic carboxylic acids is 2. The standard InChI is InChI=1S/2C8H6N4O2S.2Na/c2*13-7(14)5-1-3-6(4-2-5)12-8(15)9-10-11-12;;/h2*1-4H,(H,13,14)(H,9,11,15);;/q;;2*+1/p-2. The SMILES string of the molecule is O=C([O-])c1ccc(-n2nnnc2S)cc1.O=C([O-])c1ccc(-n2nnnc2S)cc1.[Na+].[Na+]. The zero-order chi connectivity index (χ0) is 21.7. The molecular formula is C16H10N8Na2O4S2. The van der Waals surface area contributed by atoms with Crippen molar-refractivity contribution in [2.45, 2.75) is 10.3 Å². The number of thiol groups is 2. The summed E-state index contributed by atoms with van der Waals surface area (Å²) in [5.74, 6) is -2.44. The van der Waals surface area contributed by atoms with Crippen LogP contribution in [0.2, 0.25) is 0 Å². The van der Waals surface area contributed by atoms with Crippen LogP contribution < -0.4 is 69.3 Å². The zero-order valence-corrected chi connectivity index (χ0v) is 22.5. The molecule has 0 saturated carbocycles. The van der Waals surface area contributed by atoms with E-state index in [0.717, 1.165) is 0 Å². The van der Waals surface area contributed by atoms with Gasteiger partial charge in [0.1, 0.15) is 0 Å². The molecule has 152 valence electrons. The molecule has 2 heterocycles. The third-order valence-corrected chi connectivity index (χ3v) is 4.16. The van der Waals surface area contributed by atoms with Crippen LogP contribution in [0.5, 0.6) is 0 Å². The number of hydrogen-bond acceptors (Lipinski definition) is 12. The quantitative estimate of drug-likeness (QED) is 0.208. The molecule has 0 unspecified atom stereocenters. The summed E-state index contributed by atoms with van der Waals surface area (Å²) in [6.07, 6.45) is 0. The Bertz CT molecular complexity index is 1090. The molecule has 0 amide bonds. The normalized spacial score (nSPS) is 9.56. The fourth-order valence-corrected chi connectivity index (χ4v) is 2.57. The first-order chi connectivity index (χ1) is 14.4. The van der Waals surface area contributed by atoms with Crippen molar-refractivity contribution in [3.05, 3.63) is 59.7 Å². The van der Waals surface area contributed by atoms with E-state index in [9.17, 15) is 19.8 Å². The van der Waals surface area contributed by atoms with E-state index in [-0.39, 0.29) is 70.2 Å². The second kappa shape index (κ2) is 13.1. The summed E-state index contributed by atoms with van der Waals surface area (Å²) in [5, 5.41) is 43.0. The van der Waals surface area contributed by atoms with Gasteiger partial charge in [-0.1, -0.05) is 24.3 Å². The van der Waals surface area contributed by atoms with E-state index in [2.05, 4.69) is 56.3 Å². The van der Waals surface area contributed by atoms with Gasteiger partial charge in [-0.25, -0.2) is 0 Å². The summed E-state index contributed by atoms with van der Waals surface area (Å²) in [4.78, 5) is 21.0. The minimum atomic E-state index is -1.22. The van der Waals surface area contributed by atoms with Crippen molar-refractivity contribution >= 4 is 37.2 Å². The van der Waals surface area contributed by atoms with Gasteiger partial charge < -0.3 is 19.8 Å². The van der Waals surface area contributed by atoms with E-state index in [1.807, 2.05) is 0 Å². The second-order valence-electron chi connectivity index (χ2n) is 5.45. The average Bonchev–Trinajstić information content (AvgIpc) is 3.36. The Morgan fingerprint density at radius 1 is 0.656 bits per heavy atom. The van der Waals surface area contributed by atoms with Crippen molar-refractivity contribution in [1.82, 2.24) is 40.4 Å². The third kappa shape index (κ3) is 7.11. The summed E-state index contributed by atoms with van der Waals surface area (Å²) >= 11 is 8.05. The monoisotopic (exact) mass is 488 g/mol. The first-order valence-electron chi connectivity index (χ1n) is 7.95. The first kappa shape index (κ1) is 28.3. The van der Waals surface area contributed by atoms with Crippen LogP contribution in [0, 0.1) is 0 Å². The van der Waals surface area contributed by atoms with Crippen molar-refractivity contribution in [1.29, 1.82) is 0 Å². The smallest absolute Gasteiger partial charge is 0.545 e. The molecule has 2 aromatic carbocycles. The van der Waals surface area contributed by atoms with Crippen LogP contribution in [-0.4, -0.2) is 52.4 Å². The molecule has 0 fully saturated rings. The molecular weight excluding hydrogens is 478 g/mol. The van der Waals surface area contributed by atoms with Crippen LogP contribution in [-0.2, 0) is 0 Å². The second-order valence-corrected chi connectivity index (χ2v) is 6.25. The molecule has 4 aromatic rings. The molecule has 0 aliphatic heterocycles. The number of rotatable bonds is 4. The predicted octanol–water partition coefficient (Wildman–Crippen LogP) is -7.36. The van der Waals surface area contributed by atoms with Crippen LogP contribution in [0.3, 0.4) is 0 Å². The Kier molecular flexibility index (Phi) is 11.5. The Balaban J connectivity index is 0.000000301. The van der Waals surface area contributed by atoms with Crippen molar-refractivity contribution in [3.63, 3.8) is 0 Å². The summed E-state index contributed by atoms with van der Waals surface area (Å²) in [6, 6.07) is 11.9. The minimum Gasteiger partial charge on any atom is -0.545 e. The molecule has 0 atom stereocenters. The van der Waals surface area contributed by atoms with Crippen molar-refractivity contribution in [2.75, 3.05) is 0 Å². The van der Waals surface area contributed by atoms with E-state index >= 15 is 0 Å². The Morgan fingerprint density at radius 3 is 1.19 bits per heavy atom. The fourth-order valence-electron chi connectivity index (χ4n) is 2.18. The molecule has 0 radical (unpaired) electrons. The van der Waals surface area contributed by atoms with Crippen LogP contribution in [0.4, 0.5) is 0 Å². The fraction of sp³-hybridized carbons (Fsp3) is 0. The number of hydrogen-bond donors (Lipinski definition) is 2. The number of carboxylic acids is 2. The minimum absolute atomic E-state index is 0. The van der Waals surface area contributed by atoms with Gasteiger partial charge in [-0.3, -0.25) is 0 Å². The van der Waals surface area contributed by atoms with Crippen LogP contribution in [0.1, 0.15) is 20.7 Å². The van der Waals surface area contributed by atoms with Gasteiger partial charge in [-0.2, -0.15) is 9.36 Å². The van der Waals surface area contributed by atoms with E-state index in [1.165, 1.54) is 33.6 Å². The van der Waals surface area contributed by atoms with E-state index in [0.29, 0.717) is 21.7 Å². The van der Waals surface area contributed by atoms with E-state index in [1.54, 1.807) is 24.3 Å². The van der Waals surface area contributed by atoms with Gasteiger partial charge in [0.05, 0.1) is 23.3 Å². The largest absolute Gasteiger partial charge is 1.00 e. The Morgan fingerprint density at radius 2 is 0.969 bits per heavy atom. The maximum Gasteiger partial charge on any atom is 1.00 e. The maximum atomic E-state index is 10.5. The predicted molar refractivity (Wildman–Crippen MR) is 101 cm³/mol. The summed E-state index contributed by atoms with van der Waals surface area (Å²) < 4.78 is 2.75. The van der Waals surface area contributed by atoms with E-state index < -0.39 is 11.9 Å². The van der Waals surface area contributed by atoms with Gasteiger partial charge in [0.15, 0.2) is 0 Å². The van der Waals surface area contributed by atoms with Crippen LogP contribution in [0.15, 0.2) is 58.8 Å². The molecule has 0 aliphatic carbocycles. The summed E-state index contributed by atoms with van der Waals surface area (Å²) in [7, 11) is 0. The average molecular weight is 488 g/mol. The van der Waals surface area contributed by atoms with Gasteiger partial charge in [0.25, 0.3) is 0 Å². The number of carbonyl (C=O) groups is 2. The molecule has 0 saturated heterocycles. The summed E-state index contributed by atoms with van der Waals surface area (Å²) in [5.41, 5.74) is 1.48. The van der Waals surface area contributed by atoms with Crippen LogP contribution in [0.25, 0.3) is 11.4 Å². The Hall–Kier alpha value is -1.78. The van der Waals surface area contributed by atoms with Crippen molar-refractivity contribution in [3.8, 4) is 11.4 Å². The maximum absolute atomic E-state index is 10.5. The molecule has 0 spiro atoms. The van der Waals surface area contributed by atoms with Crippen LogP contribution >= 0.6 is 25.3 Å². The molecule has 0 bridgehead atoms.